The second kappa shape index (κ2) is 7.36. The fourth-order valence-electron chi connectivity index (χ4n) is 5.38. The molecule has 0 spiro atoms. The Balaban J connectivity index is 1.10. The van der Waals surface area contributed by atoms with E-state index in [-0.39, 0.29) is 12.8 Å². The highest BCUT2D eigenvalue weighted by Crippen LogP contribution is 2.42. The van der Waals surface area contributed by atoms with E-state index in [1.807, 2.05) is 12.1 Å². The van der Waals surface area contributed by atoms with Crippen LogP contribution in [0.3, 0.4) is 0 Å². The van der Waals surface area contributed by atoms with Gasteiger partial charge in [-0.3, -0.25) is 0 Å². The summed E-state index contributed by atoms with van der Waals surface area (Å²) in [6.45, 7) is 3.10. The average Bonchev–Trinajstić information content (AvgIpc) is 3.36. The van der Waals surface area contributed by atoms with E-state index in [0.717, 1.165) is 80.2 Å². The van der Waals surface area contributed by atoms with Crippen LogP contribution in [0.4, 0.5) is 5.69 Å². The van der Waals surface area contributed by atoms with Gasteiger partial charge in [-0.15, -0.1) is 0 Å². The van der Waals surface area contributed by atoms with Gasteiger partial charge in [-0.05, 0) is 67.0 Å². The summed E-state index contributed by atoms with van der Waals surface area (Å²) in [5.41, 5.74) is 4.72. The third-order valence-electron chi connectivity index (χ3n) is 6.97. The SMILES string of the molecule is O[C@@H]1c2cc3c(cc2C[C@@H]1NC1CCN(c2cccc4c2OCCC4)CC1)OCO3. The van der Waals surface area contributed by atoms with Gasteiger partial charge in [0.15, 0.2) is 11.5 Å². The largest absolute Gasteiger partial charge is 0.491 e. The minimum absolute atomic E-state index is 0.0481. The topological polar surface area (TPSA) is 63.2 Å². The lowest BCUT2D eigenvalue weighted by molar-refractivity contribution is 0.131. The average molecular weight is 408 g/mol. The minimum atomic E-state index is -0.498. The molecule has 2 N–H and O–H groups in total. The number of para-hydroxylation sites is 1. The first-order valence-electron chi connectivity index (χ1n) is 11.1. The summed E-state index contributed by atoms with van der Waals surface area (Å²) in [7, 11) is 0. The number of nitrogens with one attached hydrogen (secondary N) is 1. The molecule has 0 amide bonds. The van der Waals surface area contributed by atoms with Crippen LogP contribution in [0.5, 0.6) is 17.2 Å². The molecule has 0 radical (unpaired) electrons. The van der Waals surface area contributed by atoms with E-state index in [1.165, 1.54) is 11.3 Å². The Morgan fingerprint density at radius 3 is 2.70 bits per heavy atom. The molecule has 158 valence electrons. The summed E-state index contributed by atoms with van der Waals surface area (Å²) in [6.07, 6.45) is 4.67. The fraction of sp³-hybridized carbons (Fsp3) is 0.500. The number of piperidine rings is 1. The zero-order chi connectivity index (χ0) is 20.1. The smallest absolute Gasteiger partial charge is 0.231 e. The van der Waals surface area contributed by atoms with Crippen molar-refractivity contribution < 1.29 is 19.3 Å². The number of aliphatic hydroxyl groups is 1. The molecule has 2 aromatic carbocycles. The summed E-state index contributed by atoms with van der Waals surface area (Å²) in [6, 6.07) is 11.0. The first-order valence-corrected chi connectivity index (χ1v) is 11.1. The third kappa shape index (κ3) is 3.10. The second-order valence-corrected chi connectivity index (χ2v) is 8.81. The molecule has 2 aromatic rings. The lowest BCUT2D eigenvalue weighted by atomic mass is 10.00. The highest BCUT2D eigenvalue weighted by molar-refractivity contribution is 5.63. The number of ether oxygens (including phenoxy) is 3. The van der Waals surface area contributed by atoms with Crippen molar-refractivity contribution in [2.75, 3.05) is 31.4 Å². The number of hydrogen-bond donors (Lipinski definition) is 2. The van der Waals surface area contributed by atoms with Crippen LogP contribution < -0.4 is 24.4 Å². The van der Waals surface area contributed by atoms with E-state index >= 15 is 0 Å². The van der Waals surface area contributed by atoms with Crippen molar-refractivity contribution >= 4 is 5.69 Å². The Morgan fingerprint density at radius 2 is 1.83 bits per heavy atom. The Morgan fingerprint density at radius 1 is 1.00 bits per heavy atom. The molecular formula is C24H28N2O4. The first-order chi connectivity index (χ1) is 14.8. The summed E-state index contributed by atoms with van der Waals surface area (Å²) >= 11 is 0. The molecule has 6 heteroatoms. The van der Waals surface area contributed by atoms with Crippen molar-refractivity contribution in [2.24, 2.45) is 0 Å². The van der Waals surface area contributed by atoms with Crippen molar-refractivity contribution in [3.8, 4) is 17.2 Å². The molecule has 6 rings (SSSR count). The van der Waals surface area contributed by atoms with E-state index < -0.39 is 6.10 Å². The molecule has 0 bridgehead atoms. The number of aliphatic hydroxyl groups excluding tert-OH is 1. The maximum absolute atomic E-state index is 10.9. The Kier molecular flexibility index (Phi) is 4.50. The standard InChI is InChI=1S/C24H28N2O4/c27-23-18-13-22-21(29-14-30-22)12-16(18)11-19(23)25-17-6-8-26(9-7-17)20-5-1-3-15-4-2-10-28-24(15)20/h1,3,5,12-13,17,19,23,25,27H,2,4,6-11,14H2/t19-,23+/m0/s1. The molecule has 0 unspecified atom stereocenters. The van der Waals surface area contributed by atoms with Gasteiger partial charge in [-0.1, -0.05) is 12.1 Å². The maximum Gasteiger partial charge on any atom is 0.231 e. The maximum atomic E-state index is 10.9. The van der Waals surface area contributed by atoms with Crippen molar-refractivity contribution in [2.45, 2.75) is 50.3 Å². The van der Waals surface area contributed by atoms with Gasteiger partial charge in [-0.2, -0.15) is 0 Å². The highest BCUT2D eigenvalue weighted by Gasteiger charge is 2.35. The van der Waals surface area contributed by atoms with Crippen LogP contribution in [0.15, 0.2) is 30.3 Å². The molecule has 3 heterocycles. The van der Waals surface area contributed by atoms with Crippen LogP contribution in [-0.4, -0.2) is 43.7 Å². The number of benzene rings is 2. The molecule has 1 saturated heterocycles. The first kappa shape index (κ1) is 18.3. The van der Waals surface area contributed by atoms with Gasteiger partial charge < -0.3 is 29.5 Å². The van der Waals surface area contributed by atoms with E-state index in [2.05, 4.69) is 28.4 Å². The van der Waals surface area contributed by atoms with E-state index in [0.29, 0.717) is 6.04 Å². The van der Waals surface area contributed by atoms with Crippen LogP contribution in [0.1, 0.15) is 42.1 Å². The number of fused-ring (bicyclic) bond motifs is 3. The molecular weight excluding hydrogens is 380 g/mol. The number of hydrogen-bond acceptors (Lipinski definition) is 6. The van der Waals surface area contributed by atoms with Crippen LogP contribution in [0.25, 0.3) is 0 Å². The van der Waals surface area contributed by atoms with E-state index in [4.69, 9.17) is 14.2 Å². The Bertz CT molecular complexity index is 954. The molecule has 30 heavy (non-hydrogen) atoms. The van der Waals surface area contributed by atoms with Crippen molar-refractivity contribution in [3.05, 3.63) is 47.0 Å². The van der Waals surface area contributed by atoms with Gasteiger partial charge in [0.25, 0.3) is 0 Å². The van der Waals surface area contributed by atoms with Crippen LogP contribution in [0, 0.1) is 0 Å². The zero-order valence-electron chi connectivity index (χ0n) is 17.1. The summed E-state index contributed by atoms with van der Waals surface area (Å²) in [4.78, 5) is 2.46. The lowest BCUT2D eigenvalue weighted by Gasteiger charge is -2.37. The summed E-state index contributed by atoms with van der Waals surface area (Å²) < 4.78 is 17.0. The molecule has 0 aromatic heterocycles. The predicted octanol–water partition coefficient (Wildman–Crippen LogP) is 2.96. The van der Waals surface area contributed by atoms with Crippen molar-refractivity contribution in [1.82, 2.24) is 5.32 Å². The van der Waals surface area contributed by atoms with Crippen LogP contribution >= 0.6 is 0 Å². The normalized spacial score (nSPS) is 25.0. The molecule has 3 aliphatic heterocycles. The predicted molar refractivity (Wildman–Crippen MR) is 114 cm³/mol. The van der Waals surface area contributed by atoms with Gasteiger partial charge in [0.2, 0.25) is 6.79 Å². The van der Waals surface area contributed by atoms with E-state index in [1.54, 1.807) is 0 Å². The monoisotopic (exact) mass is 408 g/mol. The van der Waals surface area contributed by atoms with Crippen LogP contribution in [0.2, 0.25) is 0 Å². The van der Waals surface area contributed by atoms with Gasteiger partial charge >= 0.3 is 0 Å². The van der Waals surface area contributed by atoms with Gasteiger partial charge in [0.05, 0.1) is 18.4 Å². The summed E-state index contributed by atoms with van der Waals surface area (Å²) in [5, 5.41) is 14.6. The van der Waals surface area contributed by atoms with Crippen LogP contribution in [-0.2, 0) is 12.8 Å². The Labute approximate surface area is 176 Å². The molecule has 6 nitrogen and oxygen atoms in total. The minimum Gasteiger partial charge on any atom is -0.491 e. The zero-order valence-corrected chi connectivity index (χ0v) is 17.1. The number of rotatable bonds is 3. The van der Waals surface area contributed by atoms with Gasteiger partial charge in [0.1, 0.15) is 5.75 Å². The molecule has 4 aliphatic rings. The lowest BCUT2D eigenvalue weighted by Crippen LogP contribution is -2.47. The Hall–Kier alpha value is -2.44. The highest BCUT2D eigenvalue weighted by atomic mass is 16.7. The molecule has 1 fully saturated rings. The number of anilines is 1. The van der Waals surface area contributed by atoms with Gasteiger partial charge in [-0.25, -0.2) is 0 Å². The molecule has 2 atom stereocenters. The second-order valence-electron chi connectivity index (χ2n) is 8.81. The number of nitrogens with zero attached hydrogens (tertiary/aromatic N) is 1. The number of aryl methyl sites for hydroxylation is 1. The fourth-order valence-corrected chi connectivity index (χ4v) is 5.38. The quantitative estimate of drug-likeness (QED) is 0.814. The molecule has 0 saturated carbocycles. The van der Waals surface area contributed by atoms with Crippen molar-refractivity contribution in [1.29, 1.82) is 0 Å². The van der Waals surface area contributed by atoms with Crippen molar-refractivity contribution in [3.63, 3.8) is 0 Å². The molecule has 1 aliphatic carbocycles. The van der Waals surface area contributed by atoms with E-state index in [9.17, 15) is 5.11 Å². The third-order valence-corrected chi connectivity index (χ3v) is 6.97. The van der Waals surface area contributed by atoms with Gasteiger partial charge in [0, 0.05) is 25.2 Å². The summed E-state index contributed by atoms with van der Waals surface area (Å²) in [5.74, 6) is 2.63.